The van der Waals surface area contributed by atoms with E-state index < -0.39 is 0 Å². The second kappa shape index (κ2) is 10.3. The molecular weight excluding hydrogens is 394 g/mol. The zero-order valence-electron chi connectivity index (χ0n) is 14.1. The number of hydrogen-bond donors (Lipinski definition) is 2. The summed E-state index contributed by atoms with van der Waals surface area (Å²) >= 11 is 0. The van der Waals surface area contributed by atoms with Crippen LogP contribution in [0.15, 0.2) is 85.2 Å². The van der Waals surface area contributed by atoms with E-state index in [-0.39, 0.29) is 22.9 Å². The average molecular weight is 414 g/mol. The normalized spacial score (nSPS) is 9.85. The lowest BCUT2D eigenvalue weighted by atomic mass is 10.2. The highest BCUT2D eigenvalue weighted by atomic mass is 79.9. The lowest BCUT2D eigenvalue weighted by Crippen LogP contribution is -3.00. The number of nitrogens with zero attached hydrogens (tertiary/aromatic N) is 1. The van der Waals surface area contributed by atoms with Crippen LogP contribution in [0.4, 0.5) is 0 Å². The fourth-order valence-corrected chi connectivity index (χ4v) is 2.27. The van der Waals surface area contributed by atoms with Gasteiger partial charge in [0.15, 0.2) is 12.4 Å². The van der Waals surface area contributed by atoms with Crippen molar-refractivity contribution in [3.05, 3.63) is 96.3 Å². The fourth-order valence-electron chi connectivity index (χ4n) is 2.27. The van der Waals surface area contributed by atoms with Crippen LogP contribution in [0.2, 0.25) is 0 Å². The Balaban J connectivity index is 0.00000243. The number of carbonyl (C=O) groups is 1. The van der Waals surface area contributed by atoms with Crippen molar-refractivity contribution >= 4 is 5.91 Å². The summed E-state index contributed by atoms with van der Waals surface area (Å²) in [6, 6.07) is 22.8. The predicted octanol–water partition coefficient (Wildman–Crippen LogP) is -0.551. The van der Waals surface area contributed by atoms with E-state index in [2.05, 4.69) is 10.9 Å². The van der Waals surface area contributed by atoms with Crippen LogP contribution in [0, 0.1) is 0 Å². The van der Waals surface area contributed by atoms with E-state index in [1.165, 1.54) is 0 Å². The molecule has 26 heavy (non-hydrogen) atoms. The van der Waals surface area contributed by atoms with Gasteiger partial charge in [0, 0.05) is 17.7 Å². The van der Waals surface area contributed by atoms with Gasteiger partial charge < -0.3 is 21.7 Å². The van der Waals surface area contributed by atoms with E-state index >= 15 is 0 Å². The first-order valence-electron chi connectivity index (χ1n) is 8.05. The van der Waals surface area contributed by atoms with Gasteiger partial charge in [0.25, 0.3) is 5.91 Å². The molecule has 6 heteroatoms. The van der Waals surface area contributed by atoms with E-state index in [1.54, 1.807) is 24.3 Å². The second-order valence-electron chi connectivity index (χ2n) is 5.48. The Morgan fingerprint density at radius 3 is 2.23 bits per heavy atom. The van der Waals surface area contributed by atoms with E-state index in [0.29, 0.717) is 18.8 Å². The smallest absolute Gasteiger partial charge is 0.265 e. The zero-order chi connectivity index (χ0) is 17.3. The number of ether oxygens (including phenoxy) is 1. The molecule has 3 rings (SSSR count). The Bertz CT molecular complexity index is 796. The summed E-state index contributed by atoms with van der Waals surface area (Å²) in [5.74, 6) is 0.541. The van der Waals surface area contributed by atoms with Crippen LogP contribution in [0.5, 0.6) is 5.75 Å². The molecule has 0 radical (unpaired) electrons. The quantitative estimate of drug-likeness (QED) is 0.403. The topological polar surface area (TPSA) is 54.2 Å². The molecule has 2 N–H and O–H groups in total. The fraction of sp³-hybridized carbons (Fsp3) is 0.100. The van der Waals surface area contributed by atoms with E-state index in [4.69, 9.17) is 4.74 Å². The molecule has 0 unspecified atom stereocenters. The number of hydrogen-bond acceptors (Lipinski definition) is 3. The molecule has 0 atom stereocenters. The van der Waals surface area contributed by atoms with Gasteiger partial charge in [-0.25, -0.2) is 0 Å². The maximum atomic E-state index is 12.1. The Kier molecular flexibility index (Phi) is 7.79. The first-order valence-corrected chi connectivity index (χ1v) is 8.05. The van der Waals surface area contributed by atoms with Crippen LogP contribution < -0.4 is 37.1 Å². The minimum atomic E-state index is -0.189. The molecule has 0 aliphatic carbocycles. The number of rotatable bonds is 7. The molecule has 1 amide bonds. The van der Waals surface area contributed by atoms with Crippen molar-refractivity contribution < 1.29 is 31.1 Å². The van der Waals surface area contributed by atoms with Gasteiger partial charge in [-0.15, -0.1) is 0 Å². The molecule has 2 aromatic carbocycles. The number of amides is 1. The number of carbonyl (C=O) groups excluding carboxylic acids is 1. The number of nitrogens with one attached hydrogen (secondary N) is 2. The third kappa shape index (κ3) is 5.98. The lowest BCUT2D eigenvalue weighted by Gasteiger charge is -2.08. The van der Waals surface area contributed by atoms with Crippen LogP contribution in [-0.4, -0.2) is 5.91 Å². The van der Waals surface area contributed by atoms with Gasteiger partial charge >= 0.3 is 0 Å². The largest absolute Gasteiger partial charge is 1.00 e. The highest BCUT2D eigenvalue weighted by Gasteiger charge is 2.06. The van der Waals surface area contributed by atoms with Gasteiger partial charge in [-0.05, 0) is 29.8 Å². The standard InChI is InChI=1S/C20H19N3O2.BrH/c24-20(22-21-16-23-13-5-2-6-14-23)18-9-11-19(12-10-18)25-15-17-7-3-1-4-8-17;/h1-14,21H,15-16H2;1H. The summed E-state index contributed by atoms with van der Waals surface area (Å²) in [6.45, 7) is 0.993. The predicted molar refractivity (Wildman–Crippen MR) is 94.5 cm³/mol. The van der Waals surface area contributed by atoms with Crippen LogP contribution in [0.25, 0.3) is 0 Å². The molecule has 0 bridgehead atoms. The van der Waals surface area contributed by atoms with Gasteiger partial charge in [0.1, 0.15) is 12.4 Å². The molecule has 0 spiro atoms. The van der Waals surface area contributed by atoms with Crippen molar-refractivity contribution in [3.63, 3.8) is 0 Å². The monoisotopic (exact) mass is 413 g/mol. The minimum Gasteiger partial charge on any atom is -1.00 e. The van der Waals surface area contributed by atoms with Crippen molar-refractivity contribution in [2.24, 2.45) is 0 Å². The summed E-state index contributed by atoms with van der Waals surface area (Å²) in [7, 11) is 0. The van der Waals surface area contributed by atoms with Gasteiger partial charge in [-0.2, -0.15) is 9.99 Å². The summed E-state index contributed by atoms with van der Waals surface area (Å²) in [5.41, 5.74) is 7.24. The molecule has 1 heterocycles. The summed E-state index contributed by atoms with van der Waals surface area (Å²) in [5, 5.41) is 0. The zero-order valence-corrected chi connectivity index (χ0v) is 15.7. The maximum Gasteiger partial charge on any atom is 0.265 e. The lowest BCUT2D eigenvalue weighted by molar-refractivity contribution is -0.702. The molecule has 0 aliphatic heterocycles. The Morgan fingerprint density at radius 2 is 1.54 bits per heavy atom. The van der Waals surface area contributed by atoms with Crippen LogP contribution in [0.3, 0.4) is 0 Å². The molecule has 0 fully saturated rings. The molecule has 0 saturated carbocycles. The molecule has 5 nitrogen and oxygen atoms in total. The minimum absolute atomic E-state index is 0. The first kappa shape index (κ1) is 19.6. The molecule has 1 aromatic heterocycles. The molecule has 3 aromatic rings. The first-order chi connectivity index (χ1) is 12.3. The summed E-state index contributed by atoms with van der Waals surface area (Å²) in [4.78, 5) is 12.1. The van der Waals surface area contributed by atoms with Crippen LogP contribution in [0.1, 0.15) is 15.9 Å². The third-order valence-electron chi connectivity index (χ3n) is 3.61. The summed E-state index contributed by atoms with van der Waals surface area (Å²) < 4.78 is 7.63. The Hall–Kier alpha value is -2.70. The van der Waals surface area contributed by atoms with Gasteiger partial charge in [-0.1, -0.05) is 36.4 Å². The Morgan fingerprint density at radius 1 is 0.885 bits per heavy atom. The van der Waals surface area contributed by atoms with Crippen LogP contribution in [-0.2, 0) is 13.3 Å². The second-order valence-corrected chi connectivity index (χ2v) is 5.48. The van der Waals surface area contributed by atoms with Gasteiger partial charge in [-0.3, -0.25) is 10.2 Å². The Labute approximate surface area is 163 Å². The van der Waals surface area contributed by atoms with Crippen LogP contribution >= 0.6 is 0 Å². The highest BCUT2D eigenvalue weighted by molar-refractivity contribution is 5.93. The van der Waals surface area contributed by atoms with E-state index in [0.717, 1.165) is 11.3 Å². The molecule has 134 valence electrons. The number of halogens is 1. The SMILES string of the molecule is O=C(NNC[n+]1ccccc1)c1ccc(OCc2ccccc2)cc1.[Br-]. The van der Waals surface area contributed by atoms with E-state index in [9.17, 15) is 4.79 Å². The molecule has 0 saturated heterocycles. The number of hydrazine groups is 1. The summed E-state index contributed by atoms with van der Waals surface area (Å²) in [6.07, 6.45) is 3.83. The van der Waals surface area contributed by atoms with Crippen molar-refractivity contribution in [3.8, 4) is 5.75 Å². The van der Waals surface area contributed by atoms with Crippen molar-refractivity contribution in [1.29, 1.82) is 0 Å². The number of aromatic nitrogens is 1. The highest BCUT2D eigenvalue weighted by Crippen LogP contribution is 2.14. The number of pyridine rings is 1. The molecule has 0 aliphatic rings. The average Bonchev–Trinajstić information content (AvgIpc) is 2.68. The maximum absolute atomic E-state index is 12.1. The van der Waals surface area contributed by atoms with Crippen molar-refractivity contribution in [2.45, 2.75) is 13.3 Å². The van der Waals surface area contributed by atoms with Gasteiger partial charge in [0.2, 0.25) is 6.67 Å². The van der Waals surface area contributed by atoms with Crippen molar-refractivity contribution in [2.75, 3.05) is 0 Å². The number of benzene rings is 2. The van der Waals surface area contributed by atoms with Gasteiger partial charge in [0.05, 0.1) is 0 Å². The molecular formula is C20H20BrN3O2. The van der Waals surface area contributed by atoms with E-state index in [1.807, 2.05) is 65.5 Å². The van der Waals surface area contributed by atoms with Crippen molar-refractivity contribution in [1.82, 2.24) is 10.9 Å². The third-order valence-corrected chi connectivity index (χ3v) is 3.61.